The largest absolute Gasteiger partial charge is 0.482 e. The molecule has 1 atom stereocenters. The van der Waals surface area contributed by atoms with E-state index in [0.29, 0.717) is 5.69 Å². The standard InChI is InChI=1S/C17H13Cl2FN6O2/c1-8(14-10(18)2-3-11(20)15(14)19)28-13-4-12(25-26-16(13)21)17(27)24-9-5-22-7-23-6-9/h2-8H,1H3,(H2,21,26)(H,24,27). The number of rotatable bonds is 5. The van der Waals surface area contributed by atoms with E-state index in [4.69, 9.17) is 33.7 Å². The molecule has 8 nitrogen and oxygen atoms in total. The Bertz CT molecular complexity index is 1020. The van der Waals surface area contributed by atoms with E-state index in [1.807, 2.05) is 0 Å². The van der Waals surface area contributed by atoms with Crippen molar-refractivity contribution in [2.45, 2.75) is 13.0 Å². The molecule has 0 saturated heterocycles. The van der Waals surface area contributed by atoms with Crippen molar-refractivity contribution in [1.82, 2.24) is 20.2 Å². The van der Waals surface area contributed by atoms with Crippen LogP contribution in [0.15, 0.2) is 36.9 Å². The number of hydrogen-bond acceptors (Lipinski definition) is 7. The second kappa shape index (κ2) is 8.32. The first-order chi connectivity index (χ1) is 13.4. The third-order valence-corrected chi connectivity index (χ3v) is 4.34. The Kier molecular flexibility index (Phi) is 5.86. The third kappa shape index (κ3) is 4.26. The van der Waals surface area contributed by atoms with Crippen molar-refractivity contribution in [3.63, 3.8) is 0 Å². The molecule has 1 aromatic carbocycles. The minimum atomic E-state index is -0.777. The highest BCUT2D eigenvalue weighted by Crippen LogP contribution is 2.35. The Balaban J connectivity index is 1.84. The van der Waals surface area contributed by atoms with Gasteiger partial charge in [-0.05, 0) is 19.1 Å². The van der Waals surface area contributed by atoms with Crippen molar-refractivity contribution in [1.29, 1.82) is 0 Å². The summed E-state index contributed by atoms with van der Waals surface area (Å²) in [4.78, 5) is 19.9. The predicted octanol–water partition coefficient (Wildman–Crippen LogP) is 3.69. The van der Waals surface area contributed by atoms with Crippen molar-refractivity contribution in [2.75, 3.05) is 11.1 Å². The van der Waals surface area contributed by atoms with E-state index in [1.54, 1.807) is 6.92 Å². The van der Waals surface area contributed by atoms with Gasteiger partial charge < -0.3 is 15.8 Å². The molecule has 0 radical (unpaired) electrons. The fraction of sp³-hybridized carbons (Fsp3) is 0.118. The van der Waals surface area contributed by atoms with Gasteiger partial charge in [0.1, 0.15) is 18.2 Å². The molecule has 0 bridgehead atoms. The van der Waals surface area contributed by atoms with Gasteiger partial charge in [-0.3, -0.25) is 4.79 Å². The van der Waals surface area contributed by atoms with E-state index >= 15 is 0 Å². The predicted molar refractivity (Wildman–Crippen MR) is 102 cm³/mol. The maximum absolute atomic E-state index is 13.8. The molecule has 3 rings (SSSR count). The van der Waals surface area contributed by atoms with Crippen molar-refractivity contribution in [3.05, 3.63) is 64.0 Å². The lowest BCUT2D eigenvalue weighted by Gasteiger charge is -2.18. The highest BCUT2D eigenvalue weighted by Gasteiger charge is 2.21. The first-order valence-electron chi connectivity index (χ1n) is 7.86. The molecule has 1 amide bonds. The molecular formula is C17H13Cl2FN6O2. The van der Waals surface area contributed by atoms with Crippen molar-refractivity contribution in [3.8, 4) is 5.75 Å². The zero-order valence-electron chi connectivity index (χ0n) is 14.4. The van der Waals surface area contributed by atoms with Crippen molar-refractivity contribution < 1.29 is 13.9 Å². The van der Waals surface area contributed by atoms with E-state index in [-0.39, 0.29) is 32.9 Å². The molecule has 3 aromatic rings. The molecule has 0 fully saturated rings. The van der Waals surface area contributed by atoms with E-state index in [9.17, 15) is 9.18 Å². The normalized spacial score (nSPS) is 11.7. The Labute approximate surface area is 168 Å². The Hall–Kier alpha value is -3.04. The average molecular weight is 423 g/mol. The van der Waals surface area contributed by atoms with Gasteiger partial charge in [0, 0.05) is 16.7 Å². The maximum atomic E-state index is 13.8. The van der Waals surface area contributed by atoms with Gasteiger partial charge in [0.05, 0.1) is 23.1 Å². The molecular weight excluding hydrogens is 410 g/mol. The van der Waals surface area contributed by atoms with E-state index in [2.05, 4.69) is 25.5 Å². The highest BCUT2D eigenvalue weighted by molar-refractivity contribution is 6.36. The van der Waals surface area contributed by atoms with Gasteiger partial charge in [-0.2, -0.15) is 0 Å². The number of carbonyl (C=O) groups excluding carboxylic acids is 1. The quantitative estimate of drug-likeness (QED) is 0.602. The Morgan fingerprint density at radius 2 is 1.96 bits per heavy atom. The number of amides is 1. The minimum absolute atomic E-state index is 0.0586. The SMILES string of the molecule is CC(Oc1cc(C(=O)Nc2cncnc2)nnc1N)c1c(Cl)ccc(F)c1Cl. The number of nitrogens with zero attached hydrogens (tertiary/aromatic N) is 4. The maximum Gasteiger partial charge on any atom is 0.276 e. The number of halogens is 3. The highest BCUT2D eigenvalue weighted by atomic mass is 35.5. The van der Waals surface area contributed by atoms with Gasteiger partial charge in [0.25, 0.3) is 5.91 Å². The number of ether oxygens (including phenoxy) is 1. The summed E-state index contributed by atoms with van der Waals surface area (Å²) in [5.74, 6) is -1.20. The van der Waals surface area contributed by atoms with Crippen LogP contribution in [0.1, 0.15) is 29.1 Å². The van der Waals surface area contributed by atoms with Crippen LogP contribution in [0.5, 0.6) is 5.75 Å². The molecule has 2 heterocycles. The van der Waals surface area contributed by atoms with Crippen LogP contribution in [0.3, 0.4) is 0 Å². The number of carbonyl (C=O) groups is 1. The van der Waals surface area contributed by atoms with Crippen LogP contribution in [0, 0.1) is 5.82 Å². The van der Waals surface area contributed by atoms with Crippen LogP contribution in [-0.4, -0.2) is 26.1 Å². The number of anilines is 2. The molecule has 28 heavy (non-hydrogen) atoms. The number of nitrogens with two attached hydrogens (primary N) is 1. The van der Waals surface area contributed by atoms with Crippen LogP contribution < -0.4 is 15.8 Å². The van der Waals surface area contributed by atoms with E-state index < -0.39 is 17.8 Å². The molecule has 3 N–H and O–H groups in total. The number of nitrogen functional groups attached to an aromatic ring is 1. The van der Waals surface area contributed by atoms with Gasteiger partial charge in [0.15, 0.2) is 17.3 Å². The molecule has 144 valence electrons. The third-order valence-electron chi connectivity index (χ3n) is 3.63. The van der Waals surface area contributed by atoms with Crippen molar-refractivity contribution in [2.24, 2.45) is 0 Å². The number of hydrogen-bond donors (Lipinski definition) is 2. The smallest absolute Gasteiger partial charge is 0.276 e. The Morgan fingerprint density at radius 1 is 1.25 bits per heavy atom. The lowest BCUT2D eigenvalue weighted by atomic mass is 10.1. The second-order valence-electron chi connectivity index (χ2n) is 5.58. The summed E-state index contributed by atoms with van der Waals surface area (Å²) in [5, 5.41) is 10.1. The van der Waals surface area contributed by atoms with Crippen LogP contribution in [0.4, 0.5) is 15.9 Å². The zero-order valence-corrected chi connectivity index (χ0v) is 15.9. The van der Waals surface area contributed by atoms with Crippen LogP contribution in [0.2, 0.25) is 10.0 Å². The average Bonchev–Trinajstić information content (AvgIpc) is 2.67. The fourth-order valence-corrected chi connectivity index (χ4v) is 2.99. The molecule has 0 aliphatic carbocycles. The summed E-state index contributed by atoms with van der Waals surface area (Å²) in [5.41, 5.74) is 6.34. The van der Waals surface area contributed by atoms with Crippen LogP contribution in [-0.2, 0) is 0 Å². The summed E-state index contributed by atoms with van der Waals surface area (Å²) < 4.78 is 19.5. The minimum Gasteiger partial charge on any atom is -0.482 e. The van der Waals surface area contributed by atoms with Gasteiger partial charge >= 0.3 is 0 Å². The molecule has 1 unspecified atom stereocenters. The molecule has 0 saturated carbocycles. The topological polar surface area (TPSA) is 116 Å². The first kappa shape index (κ1) is 19.7. The van der Waals surface area contributed by atoms with Crippen LogP contribution in [0.25, 0.3) is 0 Å². The number of aromatic nitrogens is 4. The molecule has 0 spiro atoms. The van der Waals surface area contributed by atoms with E-state index in [0.717, 1.165) is 6.07 Å². The summed E-state index contributed by atoms with van der Waals surface area (Å²) >= 11 is 12.1. The summed E-state index contributed by atoms with van der Waals surface area (Å²) in [6.07, 6.45) is 3.39. The van der Waals surface area contributed by atoms with Gasteiger partial charge in [-0.15, -0.1) is 10.2 Å². The van der Waals surface area contributed by atoms with Gasteiger partial charge in [0.2, 0.25) is 0 Å². The monoisotopic (exact) mass is 422 g/mol. The number of benzene rings is 1. The molecule has 0 aliphatic rings. The summed E-state index contributed by atoms with van der Waals surface area (Å²) in [7, 11) is 0. The molecule has 2 aromatic heterocycles. The van der Waals surface area contributed by atoms with Gasteiger partial charge in [-0.1, -0.05) is 23.2 Å². The Morgan fingerprint density at radius 3 is 2.68 bits per heavy atom. The first-order valence-corrected chi connectivity index (χ1v) is 8.62. The number of nitrogens with one attached hydrogen (secondary N) is 1. The lowest BCUT2D eigenvalue weighted by molar-refractivity contribution is 0.102. The fourth-order valence-electron chi connectivity index (χ4n) is 2.31. The summed E-state index contributed by atoms with van der Waals surface area (Å²) in [6.45, 7) is 1.60. The lowest BCUT2D eigenvalue weighted by Crippen LogP contribution is -2.16. The van der Waals surface area contributed by atoms with E-state index in [1.165, 1.54) is 30.9 Å². The summed E-state index contributed by atoms with van der Waals surface area (Å²) in [6, 6.07) is 3.82. The molecule has 11 heteroatoms. The van der Waals surface area contributed by atoms with Crippen molar-refractivity contribution >= 4 is 40.6 Å². The second-order valence-corrected chi connectivity index (χ2v) is 6.36. The van der Waals surface area contributed by atoms with Gasteiger partial charge in [-0.25, -0.2) is 14.4 Å². The van der Waals surface area contributed by atoms with Crippen LogP contribution >= 0.6 is 23.2 Å². The zero-order chi connectivity index (χ0) is 20.3. The molecule has 0 aliphatic heterocycles.